The second-order valence-corrected chi connectivity index (χ2v) is 5.11. The van der Waals surface area contributed by atoms with Crippen LogP contribution in [0.15, 0.2) is 18.2 Å². The standard InChI is InChI=1S/C13H19ClFNO/c1-8(2)6-7-11(17)13(16)12-9(14)4-3-5-10(12)15/h3-5,8,11,13,17H,6-7,16H2,1-2H3/t11-,13-/m1/s1. The highest BCUT2D eigenvalue weighted by molar-refractivity contribution is 6.31. The molecule has 2 atom stereocenters. The molecule has 3 N–H and O–H groups in total. The van der Waals surface area contributed by atoms with E-state index < -0.39 is 18.0 Å². The van der Waals surface area contributed by atoms with Crippen molar-refractivity contribution in [2.75, 3.05) is 0 Å². The molecular formula is C13H19ClFNO. The first-order valence-corrected chi connectivity index (χ1v) is 6.18. The van der Waals surface area contributed by atoms with Crippen molar-refractivity contribution in [2.45, 2.75) is 38.8 Å². The molecule has 0 saturated heterocycles. The minimum atomic E-state index is -0.776. The summed E-state index contributed by atoms with van der Waals surface area (Å²) in [7, 11) is 0. The fourth-order valence-electron chi connectivity index (χ4n) is 1.71. The molecule has 0 radical (unpaired) electrons. The van der Waals surface area contributed by atoms with Crippen molar-refractivity contribution in [1.29, 1.82) is 0 Å². The van der Waals surface area contributed by atoms with Gasteiger partial charge in [-0.2, -0.15) is 0 Å². The van der Waals surface area contributed by atoms with E-state index in [0.717, 1.165) is 6.42 Å². The number of halogens is 2. The zero-order chi connectivity index (χ0) is 13.0. The van der Waals surface area contributed by atoms with Crippen LogP contribution in [0.1, 0.15) is 38.3 Å². The number of aliphatic hydroxyl groups is 1. The van der Waals surface area contributed by atoms with Crippen LogP contribution in [0.25, 0.3) is 0 Å². The summed E-state index contributed by atoms with van der Waals surface area (Å²) >= 11 is 5.90. The maximum absolute atomic E-state index is 13.6. The molecule has 0 spiro atoms. The summed E-state index contributed by atoms with van der Waals surface area (Å²) in [5, 5.41) is 10.2. The second-order valence-electron chi connectivity index (χ2n) is 4.70. The monoisotopic (exact) mass is 259 g/mol. The van der Waals surface area contributed by atoms with Gasteiger partial charge in [0.25, 0.3) is 0 Å². The Kier molecular flexibility index (Phi) is 5.37. The van der Waals surface area contributed by atoms with Gasteiger partial charge in [-0.25, -0.2) is 4.39 Å². The topological polar surface area (TPSA) is 46.2 Å². The maximum Gasteiger partial charge on any atom is 0.129 e. The van der Waals surface area contributed by atoms with Crippen molar-refractivity contribution in [3.05, 3.63) is 34.6 Å². The molecule has 4 heteroatoms. The van der Waals surface area contributed by atoms with E-state index in [2.05, 4.69) is 13.8 Å². The molecule has 0 bridgehead atoms. The van der Waals surface area contributed by atoms with Gasteiger partial charge in [0.1, 0.15) is 5.82 Å². The molecule has 17 heavy (non-hydrogen) atoms. The van der Waals surface area contributed by atoms with E-state index in [9.17, 15) is 9.50 Å². The van der Waals surface area contributed by atoms with Crippen LogP contribution in [-0.4, -0.2) is 11.2 Å². The van der Waals surface area contributed by atoms with E-state index in [0.29, 0.717) is 12.3 Å². The Morgan fingerprint density at radius 2 is 2.00 bits per heavy atom. The van der Waals surface area contributed by atoms with Crippen LogP contribution < -0.4 is 5.73 Å². The molecule has 0 aliphatic heterocycles. The number of aliphatic hydroxyl groups excluding tert-OH is 1. The molecule has 0 heterocycles. The molecule has 0 fully saturated rings. The van der Waals surface area contributed by atoms with Gasteiger partial charge in [-0.3, -0.25) is 0 Å². The van der Waals surface area contributed by atoms with Crippen molar-refractivity contribution >= 4 is 11.6 Å². The number of hydrogen-bond acceptors (Lipinski definition) is 2. The number of benzene rings is 1. The highest BCUT2D eigenvalue weighted by Crippen LogP contribution is 2.28. The van der Waals surface area contributed by atoms with Gasteiger partial charge in [0, 0.05) is 10.6 Å². The van der Waals surface area contributed by atoms with Gasteiger partial charge in [0.15, 0.2) is 0 Å². The van der Waals surface area contributed by atoms with Gasteiger partial charge < -0.3 is 10.8 Å². The molecular weight excluding hydrogens is 241 g/mol. The summed E-state index contributed by atoms with van der Waals surface area (Å²) in [6, 6.07) is 3.63. The molecule has 1 aromatic rings. The van der Waals surface area contributed by atoms with Gasteiger partial charge in [-0.15, -0.1) is 0 Å². The third-order valence-electron chi connectivity index (χ3n) is 2.79. The van der Waals surface area contributed by atoms with Crippen molar-refractivity contribution in [1.82, 2.24) is 0 Å². The molecule has 0 aliphatic rings. The molecule has 1 aromatic carbocycles. The Hall–Kier alpha value is -0.640. The Bertz CT molecular complexity index is 350. The van der Waals surface area contributed by atoms with Crippen molar-refractivity contribution in [3.8, 4) is 0 Å². The normalized spacial score (nSPS) is 15.0. The SMILES string of the molecule is CC(C)CC[C@@H](O)[C@@H](N)c1c(F)cccc1Cl. The Labute approximate surface area is 107 Å². The summed E-state index contributed by atoms with van der Waals surface area (Å²) in [5.74, 6) is 0.0153. The predicted octanol–water partition coefficient (Wildman–Crippen LogP) is 3.28. The van der Waals surface area contributed by atoms with Crippen LogP contribution in [0, 0.1) is 11.7 Å². The van der Waals surface area contributed by atoms with Crippen LogP contribution >= 0.6 is 11.6 Å². The lowest BCUT2D eigenvalue weighted by molar-refractivity contribution is 0.127. The molecule has 1 rings (SSSR count). The van der Waals surface area contributed by atoms with E-state index in [4.69, 9.17) is 17.3 Å². The van der Waals surface area contributed by atoms with Crippen LogP contribution in [0.2, 0.25) is 5.02 Å². The number of rotatable bonds is 5. The Balaban J connectivity index is 2.78. The lowest BCUT2D eigenvalue weighted by atomic mass is 9.95. The highest BCUT2D eigenvalue weighted by atomic mass is 35.5. The fraction of sp³-hybridized carbons (Fsp3) is 0.538. The van der Waals surface area contributed by atoms with Crippen LogP contribution in [-0.2, 0) is 0 Å². The minimum absolute atomic E-state index is 0.199. The molecule has 0 amide bonds. The van der Waals surface area contributed by atoms with E-state index in [-0.39, 0.29) is 10.6 Å². The first-order chi connectivity index (χ1) is 7.93. The Morgan fingerprint density at radius 1 is 1.35 bits per heavy atom. The first kappa shape index (κ1) is 14.4. The lowest BCUT2D eigenvalue weighted by Crippen LogP contribution is -2.27. The number of hydrogen-bond donors (Lipinski definition) is 2. The van der Waals surface area contributed by atoms with Gasteiger partial charge in [-0.05, 0) is 30.9 Å². The van der Waals surface area contributed by atoms with E-state index >= 15 is 0 Å². The average molecular weight is 260 g/mol. The van der Waals surface area contributed by atoms with Crippen LogP contribution in [0.4, 0.5) is 4.39 Å². The van der Waals surface area contributed by atoms with Crippen molar-refractivity contribution in [3.63, 3.8) is 0 Å². The largest absolute Gasteiger partial charge is 0.391 e. The van der Waals surface area contributed by atoms with Crippen LogP contribution in [0.5, 0.6) is 0 Å². The van der Waals surface area contributed by atoms with Gasteiger partial charge in [-0.1, -0.05) is 31.5 Å². The first-order valence-electron chi connectivity index (χ1n) is 5.81. The molecule has 0 aromatic heterocycles. The predicted molar refractivity (Wildman–Crippen MR) is 68.4 cm³/mol. The second kappa shape index (κ2) is 6.34. The summed E-state index contributed by atoms with van der Waals surface area (Å²) in [6.45, 7) is 4.13. The van der Waals surface area contributed by atoms with E-state index in [1.165, 1.54) is 12.1 Å². The number of nitrogens with two attached hydrogens (primary N) is 1. The third-order valence-corrected chi connectivity index (χ3v) is 3.12. The summed E-state index contributed by atoms with van der Waals surface area (Å²) in [6.07, 6.45) is 0.622. The molecule has 2 nitrogen and oxygen atoms in total. The molecule has 0 aliphatic carbocycles. The van der Waals surface area contributed by atoms with Gasteiger partial charge in [0.05, 0.1) is 12.1 Å². The quantitative estimate of drug-likeness (QED) is 0.853. The minimum Gasteiger partial charge on any atom is -0.391 e. The zero-order valence-corrected chi connectivity index (χ0v) is 10.9. The Morgan fingerprint density at radius 3 is 2.53 bits per heavy atom. The van der Waals surface area contributed by atoms with E-state index in [1.54, 1.807) is 6.07 Å². The fourth-order valence-corrected chi connectivity index (χ4v) is 1.99. The smallest absolute Gasteiger partial charge is 0.129 e. The average Bonchev–Trinajstić information content (AvgIpc) is 2.25. The van der Waals surface area contributed by atoms with Crippen molar-refractivity contribution < 1.29 is 9.50 Å². The summed E-state index contributed by atoms with van der Waals surface area (Å²) in [5.41, 5.74) is 6.05. The molecule has 0 saturated carbocycles. The summed E-state index contributed by atoms with van der Waals surface area (Å²) in [4.78, 5) is 0. The zero-order valence-electron chi connectivity index (χ0n) is 10.2. The summed E-state index contributed by atoms with van der Waals surface area (Å²) < 4.78 is 13.6. The van der Waals surface area contributed by atoms with Crippen molar-refractivity contribution in [2.24, 2.45) is 11.7 Å². The van der Waals surface area contributed by atoms with Crippen LogP contribution in [0.3, 0.4) is 0 Å². The molecule has 96 valence electrons. The van der Waals surface area contributed by atoms with Gasteiger partial charge in [0.2, 0.25) is 0 Å². The lowest BCUT2D eigenvalue weighted by Gasteiger charge is -2.21. The van der Waals surface area contributed by atoms with E-state index in [1.807, 2.05) is 0 Å². The third kappa shape index (κ3) is 3.95. The van der Waals surface area contributed by atoms with Gasteiger partial charge >= 0.3 is 0 Å². The molecule has 0 unspecified atom stereocenters. The highest BCUT2D eigenvalue weighted by Gasteiger charge is 2.22. The maximum atomic E-state index is 13.6.